The zero-order chi connectivity index (χ0) is 13.7. The van der Waals surface area contributed by atoms with Gasteiger partial charge in [0, 0.05) is 0 Å². The molecule has 1 rings (SSSR count). The molecule has 1 aromatic rings. The second-order valence-corrected chi connectivity index (χ2v) is 4.29. The van der Waals surface area contributed by atoms with Crippen molar-refractivity contribution < 1.29 is 9.94 Å². The standard InChI is InChI=1S/C12H20N4O2/c1-5-6-7(2)18-12-10(11(13)16-17)8(3)9(4)14-15-12/h7,17H,5-6H2,1-4H3,(H2,13,16). The molecule has 0 aliphatic rings. The first-order valence-corrected chi connectivity index (χ1v) is 5.99. The van der Waals surface area contributed by atoms with E-state index in [0.717, 1.165) is 24.1 Å². The second kappa shape index (κ2) is 6.18. The van der Waals surface area contributed by atoms with E-state index in [1.54, 1.807) is 0 Å². The van der Waals surface area contributed by atoms with Crippen LogP contribution in [0.5, 0.6) is 5.88 Å². The van der Waals surface area contributed by atoms with Crippen LogP contribution in [-0.4, -0.2) is 27.3 Å². The lowest BCUT2D eigenvalue weighted by Gasteiger charge is -2.16. The van der Waals surface area contributed by atoms with Gasteiger partial charge in [0.25, 0.3) is 0 Å². The third-order valence-corrected chi connectivity index (χ3v) is 2.79. The molecule has 18 heavy (non-hydrogen) atoms. The molecule has 6 heteroatoms. The van der Waals surface area contributed by atoms with E-state index >= 15 is 0 Å². The molecule has 1 atom stereocenters. The Hall–Kier alpha value is -1.85. The van der Waals surface area contributed by atoms with E-state index in [1.165, 1.54) is 0 Å². The van der Waals surface area contributed by atoms with E-state index in [9.17, 15) is 0 Å². The van der Waals surface area contributed by atoms with E-state index in [4.69, 9.17) is 15.7 Å². The molecular weight excluding hydrogens is 232 g/mol. The second-order valence-electron chi connectivity index (χ2n) is 4.29. The van der Waals surface area contributed by atoms with E-state index < -0.39 is 0 Å². The Morgan fingerprint density at radius 3 is 2.67 bits per heavy atom. The zero-order valence-corrected chi connectivity index (χ0v) is 11.3. The van der Waals surface area contributed by atoms with Gasteiger partial charge in [0.1, 0.15) is 0 Å². The highest BCUT2D eigenvalue weighted by atomic mass is 16.5. The van der Waals surface area contributed by atoms with E-state index in [1.807, 2.05) is 20.8 Å². The summed E-state index contributed by atoms with van der Waals surface area (Å²) < 4.78 is 5.70. The van der Waals surface area contributed by atoms with Crippen molar-refractivity contribution in [2.75, 3.05) is 0 Å². The molecule has 0 saturated carbocycles. The summed E-state index contributed by atoms with van der Waals surface area (Å²) in [6.45, 7) is 7.69. The summed E-state index contributed by atoms with van der Waals surface area (Å²) in [5.74, 6) is 0.304. The lowest BCUT2D eigenvalue weighted by molar-refractivity contribution is 0.198. The molecule has 1 heterocycles. The van der Waals surface area contributed by atoms with Crippen molar-refractivity contribution in [3.8, 4) is 5.88 Å². The summed E-state index contributed by atoms with van der Waals surface area (Å²) in [5, 5.41) is 19.8. The van der Waals surface area contributed by atoms with Gasteiger partial charge >= 0.3 is 0 Å². The SMILES string of the molecule is CCCC(C)Oc1nnc(C)c(C)c1C(N)=NO. The maximum atomic E-state index is 8.82. The maximum Gasteiger partial charge on any atom is 0.245 e. The number of nitrogens with zero attached hydrogens (tertiary/aromatic N) is 3. The van der Waals surface area contributed by atoms with E-state index in [-0.39, 0.29) is 11.9 Å². The number of aryl methyl sites for hydroxylation is 1. The molecule has 0 fully saturated rings. The fraction of sp³-hybridized carbons (Fsp3) is 0.583. The van der Waals surface area contributed by atoms with Crippen LogP contribution in [0.15, 0.2) is 5.16 Å². The highest BCUT2D eigenvalue weighted by Gasteiger charge is 2.18. The number of amidine groups is 1. The maximum absolute atomic E-state index is 8.82. The summed E-state index contributed by atoms with van der Waals surface area (Å²) in [7, 11) is 0. The highest BCUT2D eigenvalue weighted by Crippen LogP contribution is 2.22. The minimum absolute atomic E-state index is 0.0100. The van der Waals surface area contributed by atoms with Crippen molar-refractivity contribution >= 4 is 5.84 Å². The largest absolute Gasteiger partial charge is 0.473 e. The summed E-state index contributed by atoms with van der Waals surface area (Å²) in [6.07, 6.45) is 1.93. The number of oxime groups is 1. The van der Waals surface area contributed by atoms with Gasteiger partial charge in [0.15, 0.2) is 5.84 Å². The van der Waals surface area contributed by atoms with Crippen molar-refractivity contribution in [2.45, 2.75) is 46.6 Å². The Balaban J connectivity index is 3.15. The van der Waals surface area contributed by atoms with Gasteiger partial charge in [-0.25, -0.2) is 0 Å². The minimum atomic E-state index is -0.0100. The van der Waals surface area contributed by atoms with Gasteiger partial charge in [-0.15, -0.1) is 5.10 Å². The topological polar surface area (TPSA) is 93.6 Å². The van der Waals surface area contributed by atoms with Crippen LogP contribution in [-0.2, 0) is 0 Å². The van der Waals surface area contributed by atoms with Gasteiger partial charge in [-0.2, -0.15) is 5.10 Å². The normalized spacial score (nSPS) is 13.4. The van der Waals surface area contributed by atoms with Crippen LogP contribution in [0.2, 0.25) is 0 Å². The summed E-state index contributed by atoms with van der Waals surface area (Å²) in [6, 6.07) is 0. The first kappa shape index (κ1) is 14.2. The summed E-state index contributed by atoms with van der Waals surface area (Å²) in [5.41, 5.74) is 7.71. The summed E-state index contributed by atoms with van der Waals surface area (Å²) in [4.78, 5) is 0. The van der Waals surface area contributed by atoms with Crippen LogP contribution in [0.25, 0.3) is 0 Å². The zero-order valence-electron chi connectivity index (χ0n) is 11.3. The summed E-state index contributed by atoms with van der Waals surface area (Å²) >= 11 is 0. The molecule has 0 saturated heterocycles. The lowest BCUT2D eigenvalue weighted by atomic mass is 10.1. The molecule has 0 aliphatic carbocycles. The molecule has 0 amide bonds. The number of rotatable bonds is 5. The third kappa shape index (κ3) is 3.09. The van der Waals surface area contributed by atoms with Crippen LogP contribution >= 0.6 is 0 Å². The number of hydrogen-bond acceptors (Lipinski definition) is 5. The van der Waals surface area contributed by atoms with E-state index in [0.29, 0.717) is 11.4 Å². The highest BCUT2D eigenvalue weighted by molar-refractivity contribution is 6.00. The molecule has 1 aromatic heterocycles. The Morgan fingerprint density at radius 2 is 2.11 bits per heavy atom. The van der Waals surface area contributed by atoms with Gasteiger partial charge in [0.2, 0.25) is 5.88 Å². The first-order valence-electron chi connectivity index (χ1n) is 5.99. The lowest BCUT2D eigenvalue weighted by Crippen LogP contribution is -2.21. The molecule has 0 aliphatic heterocycles. The fourth-order valence-electron chi connectivity index (χ4n) is 1.68. The molecule has 0 spiro atoms. The number of ether oxygens (including phenoxy) is 1. The molecule has 0 radical (unpaired) electrons. The average molecular weight is 252 g/mol. The predicted molar refractivity (Wildman–Crippen MR) is 69.0 cm³/mol. The Labute approximate surface area is 107 Å². The Bertz CT molecular complexity index is 446. The van der Waals surface area contributed by atoms with Gasteiger partial charge in [0.05, 0.1) is 17.4 Å². The van der Waals surface area contributed by atoms with Crippen molar-refractivity contribution in [3.63, 3.8) is 0 Å². The van der Waals surface area contributed by atoms with Crippen molar-refractivity contribution in [2.24, 2.45) is 10.9 Å². The predicted octanol–water partition coefficient (Wildman–Crippen LogP) is 1.76. The number of nitrogens with two attached hydrogens (primary N) is 1. The molecular formula is C12H20N4O2. The minimum Gasteiger partial charge on any atom is -0.473 e. The van der Waals surface area contributed by atoms with Gasteiger partial charge in [-0.1, -0.05) is 18.5 Å². The fourth-order valence-corrected chi connectivity index (χ4v) is 1.68. The molecule has 3 N–H and O–H groups in total. The molecule has 6 nitrogen and oxygen atoms in total. The van der Waals surface area contributed by atoms with Crippen LogP contribution < -0.4 is 10.5 Å². The average Bonchev–Trinajstić information content (AvgIpc) is 2.33. The smallest absolute Gasteiger partial charge is 0.245 e. The Morgan fingerprint density at radius 1 is 1.44 bits per heavy atom. The van der Waals surface area contributed by atoms with Gasteiger partial charge < -0.3 is 15.7 Å². The van der Waals surface area contributed by atoms with Crippen LogP contribution in [0.4, 0.5) is 0 Å². The van der Waals surface area contributed by atoms with Gasteiger partial charge in [-0.05, 0) is 32.8 Å². The van der Waals surface area contributed by atoms with E-state index in [2.05, 4.69) is 22.3 Å². The quantitative estimate of drug-likeness (QED) is 0.360. The Kier molecular flexibility index (Phi) is 4.88. The molecule has 0 bridgehead atoms. The van der Waals surface area contributed by atoms with Crippen LogP contribution in [0, 0.1) is 13.8 Å². The van der Waals surface area contributed by atoms with Crippen LogP contribution in [0.1, 0.15) is 43.5 Å². The first-order chi connectivity index (χ1) is 8.51. The van der Waals surface area contributed by atoms with Crippen molar-refractivity contribution in [3.05, 3.63) is 16.8 Å². The number of aromatic nitrogens is 2. The third-order valence-electron chi connectivity index (χ3n) is 2.79. The van der Waals surface area contributed by atoms with Gasteiger partial charge in [-0.3, -0.25) is 0 Å². The van der Waals surface area contributed by atoms with Crippen molar-refractivity contribution in [1.29, 1.82) is 0 Å². The van der Waals surface area contributed by atoms with Crippen LogP contribution in [0.3, 0.4) is 0 Å². The molecule has 100 valence electrons. The number of hydrogen-bond donors (Lipinski definition) is 2. The monoisotopic (exact) mass is 252 g/mol. The molecule has 1 unspecified atom stereocenters. The molecule has 0 aromatic carbocycles. The van der Waals surface area contributed by atoms with Crippen molar-refractivity contribution in [1.82, 2.24) is 10.2 Å².